The van der Waals surface area contributed by atoms with Gasteiger partial charge in [0.15, 0.2) is 0 Å². The van der Waals surface area contributed by atoms with E-state index in [0.29, 0.717) is 19.7 Å². The molecule has 4 heteroatoms. The molecule has 1 rings (SSSR count). The molecule has 0 saturated carbocycles. The SMILES string of the molecule is Cc1cccc(CNCC(O)COC(C)(C)C)n1. The van der Waals surface area contributed by atoms with Crippen LogP contribution in [0, 0.1) is 6.92 Å². The molecule has 0 aliphatic heterocycles. The topological polar surface area (TPSA) is 54.4 Å². The van der Waals surface area contributed by atoms with Crippen molar-refractivity contribution in [1.82, 2.24) is 10.3 Å². The molecule has 102 valence electrons. The number of rotatable bonds is 6. The minimum atomic E-state index is -0.492. The highest BCUT2D eigenvalue weighted by molar-refractivity contribution is 5.09. The Morgan fingerprint density at radius 3 is 2.72 bits per heavy atom. The van der Waals surface area contributed by atoms with Gasteiger partial charge in [0, 0.05) is 18.8 Å². The van der Waals surface area contributed by atoms with Gasteiger partial charge in [-0.05, 0) is 39.8 Å². The molecule has 1 aromatic heterocycles. The molecule has 0 spiro atoms. The first-order chi connectivity index (χ1) is 8.37. The summed E-state index contributed by atoms with van der Waals surface area (Å²) in [5.74, 6) is 0. The van der Waals surface area contributed by atoms with Crippen molar-refractivity contribution < 1.29 is 9.84 Å². The Bertz CT molecular complexity index is 361. The molecule has 1 unspecified atom stereocenters. The number of aromatic nitrogens is 1. The van der Waals surface area contributed by atoms with Crippen LogP contribution in [0.2, 0.25) is 0 Å². The summed E-state index contributed by atoms with van der Waals surface area (Å²) in [4.78, 5) is 4.38. The van der Waals surface area contributed by atoms with Gasteiger partial charge in [-0.2, -0.15) is 0 Å². The van der Waals surface area contributed by atoms with Crippen molar-refractivity contribution in [2.75, 3.05) is 13.2 Å². The summed E-state index contributed by atoms with van der Waals surface area (Å²) < 4.78 is 5.51. The van der Waals surface area contributed by atoms with Crippen LogP contribution in [0.3, 0.4) is 0 Å². The highest BCUT2D eigenvalue weighted by Gasteiger charge is 2.13. The number of nitrogens with zero attached hydrogens (tertiary/aromatic N) is 1. The lowest BCUT2D eigenvalue weighted by atomic mass is 10.2. The number of pyridine rings is 1. The molecular weight excluding hydrogens is 228 g/mol. The number of aryl methyl sites for hydroxylation is 1. The third kappa shape index (κ3) is 6.69. The van der Waals surface area contributed by atoms with Crippen LogP contribution in [0.25, 0.3) is 0 Å². The number of aliphatic hydroxyl groups excluding tert-OH is 1. The van der Waals surface area contributed by atoms with E-state index in [1.807, 2.05) is 45.9 Å². The maximum Gasteiger partial charge on any atom is 0.0898 e. The monoisotopic (exact) mass is 252 g/mol. The Labute approximate surface area is 109 Å². The summed E-state index contributed by atoms with van der Waals surface area (Å²) in [6.07, 6.45) is -0.492. The zero-order valence-electron chi connectivity index (χ0n) is 11.7. The summed E-state index contributed by atoms with van der Waals surface area (Å²) in [6, 6.07) is 5.92. The van der Waals surface area contributed by atoms with Crippen molar-refractivity contribution in [1.29, 1.82) is 0 Å². The number of hydrogen-bond acceptors (Lipinski definition) is 4. The molecule has 0 amide bonds. The van der Waals surface area contributed by atoms with Crippen LogP contribution in [0.5, 0.6) is 0 Å². The van der Waals surface area contributed by atoms with Crippen LogP contribution in [-0.4, -0.2) is 34.9 Å². The van der Waals surface area contributed by atoms with Crippen molar-refractivity contribution in [3.63, 3.8) is 0 Å². The molecule has 1 atom stereocenters. The lowest BCUT2D eigenvalue weighted by molar-refractivity contribution is -0.0479. The molecule has 1 aromatic rings. The fourth-order valence-electron chi connectivity index (χ4n) is 1.47. The smallest absolute Gasteiger partial charge is 0.0898 e. The number of nitrogens with one attached hydrogen (secondary N) is 1. The summed E-state index contributed by atoms with van der Waals surface area (Å²) >= 11 is 0. The first kappa shape index (κ1) is 15.1. The summed E-state index contributed by atoms with van der Waals surface area (Å²) in [7, 11) is 0. The molecule has 0 saturated heterocycles. The average molecular weight is 252 g/mol. The fourth-order valence-corrected chi connectivity index (χ4v) is 1.47. The molecular formula is C14H24N2O2. The molecule has 1 heterocycles. The highest BCUT2D eigenvalue weighted by atomic mass is 16.5. The van der Waals surface area contributed by atoms with Crippen LogP contribution in [0.15, 0.2) is 18.2 Å². The molecule has 0 aromatic carbocycles. The largest absolute Gasteiger partial charge is 0.389 e. The van der Waals surface area contributed by atoms with Crippen molar-refractivity contribution in [3.05, 3.63) is 29.6 Å². The van der Waals surface area contributed by atoms with Gasteiger partial charge in [-0.1, -0.05) is 6.07 Å². The number of aliphatic hydroxyl groups is 1. The van der Waals surface area contributed by atoms with Crippen LogP contribution >= 0.6 is 0 Å². The van der Waals surface area contributed by atoms with Gasteiger partial charge in [-0.15, -0.1) is 0 Å². The van der Waals surface area contributed by atoms with Crippen LogP contribution in [0.4, 0.5) is 0 Å². The van der Waals surface area contributed by atoms with Crippen LogP contribution < -0.4 is 5.32 Å². The molecule has 4 nitrogen and oxygen atoms in total. The summed E-state index contributed by atoms with van der Waals surface area (Å²) in [6.45, 7) is 9.41. The second kappa shape index (κ2) is 6.83. The molecule has 0 bridgehead atoms. The van der Waals surface area contributed by atoms with E-state index in [9.17, 15) is 5.11 Å². The fraction of sp³-hybridized carbons (Fsp3) is 0.643. The van der Waals surface area contributed by atoms with E-state index in [2.05, 4.69) is 10.3 Å². The van der Waals surface area contributed by atoms with E-state index in [0.717, 1.165) is 11.4 Å². The van der Waals surface area contributed by atoms with Crippen molar-refractivity contribution in [3.8, 4) is 0 Å². The molecule has 0 fully saturated rings. The standard InChI is InChI=1S/C14H24N2O2/c1-11-6-5-7-12(16-11)8-15-9-13(17)10-18-14(2,3)4/h5-7,13,15,17H,8-10H2,1-4H3. The van der Waals surface area contributed by atoms with E-state index >= 15 is 0 Å². The Morgan fingerprint density at radius 1 is 1.39 bits per heavy atom. The lowest BCUT2D eigenvalue weighted by Gasteiger charge is -2.22. The maximum atomic E-state index is 9.74. The van der Waals surface area contributed by atoms with Crippen molar-refractivity contribution >= 4 is 0 Å². The van der Waals surface area contributed by atoms with Crippen molar-refractivity contribution in [2.24, 2.45) is 0 Å². The summed E-state index contributed by atoms with van der Waals surface area (Å²) in [5.41, 5.74) is 1.78. The van der Waals surface area contributed by atoms with Gasteiger partial charge in [0.05, 0.1) is 24.0 Å². The highest BCUT2D eigenvalue weighted by Crippen LogP contribution is 2.06. The van der Waals surface area contributed by atoms with Crippen LogP contribution in [-0.2, 0) is 11.3 Å². The van der Waals surface area contributed by atoms with Crippen molar-refractivity contribution in [2.45, 2.75) is 45.9 Å². The zero-order chi connectivity index (χ0) is 13.6. The molecule has 0 radical (unpaired) electrons. The Kier molecular flexibility index (Phi) is 5.72. The van der Waals surface area contributed by atoms with Gasteiger partial charge in [0.25, 0.3) is 0 Å². The lowest BCUT2D eigenvalue weighted by Crippen LogP contribution is -2.33. The van der Waals surface area contributed by atoms with E-state index in [4.69, 9.17) is 4.74 Å². The maximum absolute atomic E-state index is 9.74. The molecule has 2 N–H and O–H groups in total. The van der Waals surface area contributed by atoms with Gasteiger partial charge in [-0.25, -0.2) is 0 Å². The molecule has 18 heavy (non-hydrogen) atoms. The molecule has 0 aliphatic carbocycles. The van der Waals surface area contributed by atoms with Gasteiger partial charge < -0.3 is 15.2 Å². The second-order valence-corrected chi connectivity index (χ2v) is 5.48. The third-order valence-corrected chi connectivity index (χ3v) is 2.34. The van der Waals surface area contributed by atoms with Crippen LogP contribution in [0.1, 0.15) is 32.2 Å². The Balaban J connectivity index is 2.21. The number of hydrogen-bond donors (Lipinski definition) is 2. The summed E-state index contributed by atoms with van der Waals surface area (Å²) in [5, 5.41) is 12.9. The normalized spacial score (nSPS) is 13.6. The first-order valence-electron chi connectivity index (χ1n) is 6.32. The van der Waals surface area contributed by atoms with E-state index in [-0.39, 0.29) is 5.60 Å². The second-order valence-electron chi connectivity index (χ2n) is 5.48. The Hall–Kier alpha value is -0.970. The van der Waals surface area contributed by atoms with E-state index in [1.165, 1.54) is 0 Å². The van der Waals surface area contributed by atoms with Gasteiger partial charge in [0.1, 0.15) is 0 Å². The van der Waals surface area contributed by atoms with Gasteiger partial charge in [0.2, 0.25) is 0 Å². The Morgan fingerprint density at radius 2 is 2.11 bits per heavy atom. The number of ether oxygens (including phenoxy) is 1. The predicted molar refractivity (Wildman–Crippen MR) is 72.4 cm³/mol. The molecule has 0 aliphatic rings. The van der Waals surface area contributed by atoms with Gasteiger partial charge >= 0.3 is 0 Å². The first-order valence-corrected chi connectivity index (χ1v) is 6.32. The van der Waals surface area contributed by atoms with E-state index < -0.39 is 6.10 Å². The quantitative estimate of drug-likeness (QED) is 0.808. The predicted octanol–water partition coefficient (Wildman–Crippen LogP) is 1.66. The minimum Gasteiger partial charge on any atom is -0.389 e. The minimum absolute atomic E-state index is 0.209. The third-order valence-electron chi connectivity index (χ3n) is 2.34. The zero-order valence-corrected chi connectivity index (χ0v) is 11.7. The van der Waals surface area contributed by atoms with E-state index in [1.54, 1.807) is 0 Å². The average Bonchev–Trinajstić information content (AvgIpc) is 2.25. The van der Waals surface area contributed by atoms with Gasteiger partial charge in [-0.3, -0.25) is 4.98 Å².